The van der Waals surface area contributed by atoms with Crippen molar-refractivity contribution in [1.29, 1.82) is 0 Å². The van der Waals surface area contributed by atoms with Crippen molar-refractivity contribution >= 4 is 23.2 Å². The third kappa shape index (κ3) is 5.08. The van der Waals surface area contributed by atoms with Gasteiger partial charge in [0.2, 0.25) is 5.91 Å². The summed E-state index contributed by atoms with van der Waals surface area (Å²) in [5.41, 5.74) is 1.13. The Morgan fingerprint density at radius 2 is 1.97 bits per heavy atom. The lowest BCUT2D eigenvalue weighted by Gasteiger charge is -2.35. The Labute approximate surface area is 186 Å². The molecule has 1 aromatic heterocycles. The summed E-state index contributed by atoms with van der Waals surface area (Å²) in [7, 11) is 1.65. The van der Waals surface area contributed by atoms with Crippen LogP contribution in [0, 0.1) is 0 Å². The molecule has 0 bridgehead atoms. The molecular formula is C23H29N3O4S. The Kier molecular flexibility index (Phi) is 7.21. The molecule has 2 saturated heterocycles. The smallest absolute Gasteiger partial charge is 0.264 e. The average molecular weight is 444 g/mol. The van der Waals surface area contributed by atoms with E-state index >= 15 is 0 Å². The number of likely N-dealkylation sites (tertiary alicyclic amines) is 1. The maximum Gasteiger partial charge on any atom is 0.264 e. The minimum absolute atomic E-state index is 0.0432. The van der Waals surface area contributed by atoms with Crippen molar-refractivity contribution in [3.05, 3.63) is 52.2 Å². The third-order valence-electron chi connectivity index (χ3n) is 6.00. The topological polar surface area (TPSA) is 71.1 Å². The van der Waals surface area contributed by atoms with Crippen LogP contribution >= 0.6 is 11.3 Å². The molecule has 2 aliphatic rings. The normalized spacial score (nSPS) is 20.4. The second-order valence-corrected chi connectivity index (χ2v) is 8.76. The van der Waals surface area contributed by atoms with E-state index in [1.807, 2.05) is 41.8 Å². The number of thiophene rings is 1. The highest BCUT2D eigenvalue weighted by Gasteiger charge is 2.35. The molecule has 31 heavy (non-hydrogen) atoms. The second kappa shape index (κ2) is 10.3. The van der Waals surface area contributed by atoms with Gasteiger partial charge in [-0.05, 0) is 42.0 Å². The summed E-state index contributed by atoms with van der Waals surface area (Å²) >= 11 is 1.42. The molecule has 2 aromatic rings. The first-order valence-electron chi connectivity index (χ1n) is 10.8. The monoisotopic (exact) mass is 443 g/mol. The van der Waals surface area contributed by atoms with Gasteiger partial charge in [-0.3, -0.25) is 14.5 Å². The Morgan fingerprint density at radius 1 is 1.19 bits per heavy atom. The summed E-state index contributed by atoms with van der Waals surface area (Å²) in [5.74, 6) is 0.684. The maximum absolute atomic E-state index is 13.1. The highest BCUT2D eigenvalue weighted by molar-refractivity contribution is 7.12. The van der Waals surface area contributed by atoms with Crippen molar-refractivity contribution in [3.8, 4) is 5.75 Å². The molecule has 8 heteroatoms. The first-order valence-corrected chi connectivity index (χ1v) is 11.6. The van der Waals surface area contributed by atoms with Crippen LogP contribution in [0.3, 0.4) is 0 Å². The molecule has 0 aliphatic carbocycles. The Morgan fingerprint density at radius 3 is 2.65 bits per heavy atom. The number of ether oxygens (including phenoxy) is 2. The van der Waals surface area contributed by atoms with Crippen LogP contribution < -0.4 is 10.1 Å². The molecular weight excluding hydrogens is 414 g/mol. The van der Waals surface area contributed by atoms with Crippen LogP contribution in [-0.4, -0.2) is 74.2 Å². The van der Waals surface area contributed by atoms with Crippen LogP contribution in [0.15, 0.2) is 41.8 Å². The molecule has 4 rings (SSSR count). The molecule has 2 fully saturated rings. The van der Waals surface area contributed by atoms with Crippen molar-refractivity contribution in [1.82, 2.24) is 15.1 Å². The zero-order valence-electron chi connectivity index (χ0n) is 17.8. The van der Waals surface area contributed by atoms with E-state index in [9.17, 15) is 9.59 Å². The van der Waals surface area contributed by atoms with Crippen LogP contribution in [0.1, 0.15) is 34.1 Å². The van der Waals surface area contributed by atoms with Gasteiger partial charge in [-0.15, -0.1) is 11.3 Å². The molecule has 0 unspecified atom stereocenters. The molecule has 1 aromatic carbocycles. The summed E-state index contributed by atoms with van der Waals surface area (Å²) in [4.78, 5) is 30.6. The molecule has 3 heterocycles. The van der Waals surface area contributed by atoms with Crippen molar-refractivity contribution in [2.75, 3.05) is 46.5 Å². The van der Waals surface area contributed by atoms with E-state index in [2.05, 4.69) is 10.2 Å². The fourth-order valence-electron chi connectivity index (χ4n) is 4.31. The molecule has 1 N–H and O–H groups in total. The van der Waals surface area contributed by atoms with Gasteiger partial charge in [0.05, 0.1) is 31.2 Å². The van der Waals surface area contributed by atoms with Gasteiger partial charge in [-0.25, -0.2) is 0 Å². The van der Waals surface area contributed by atoms with Crippen molar-refractivity contribution in [3.63, 3.8) is 0 Å². The standard InChI is InChI=1S/C23H29N3O4S/c1-29-18-8-6-17(7-9-18)20(25-11-13-30-14-12-25)16-24-22(27)19-4-2-10-26(19)23(28)21-5-3-15-31-21/h3,5-9,15,19-20H,2,4,10-14,16H2,1H3,(H,24,27)/t19-,20-/m1/s1. The molecule has 2 amide bonds. The zero-order valence-corrected chi connectivity index (χ0v) is 18.6. The second-order valence-electron chi connectivity index (χ2n) is 7.82. The number of nitrogens with one attached hydrogen (secondary N) is 1. The zero-order chi connectivity index (χ0) is 21.6. The Balaban J connectivity index is 1.44. The molecule has 0 saturated carbocycles. The fraction of sp³-hybridized carbons (Fsp3) is 0.478. The third-order valence-corrected chi connectivity index (χ3v) is 6.86. The predicted molar refractivity (Wildman–Crippen MR) is 120 cm³/mol. The van der Waals surface area contributed by atoms with Gasteiger partial charge >= 0.3 is 0 Å². The number of methoxy groups -OCH3 is 1. The van der Waals surface area contributed by atoms with Gasteiger partial charge in [0.15, 0.2) is 0 Å². The summed E-state index contributed by atoms with van der Waals surface area (Å²) in [5, 5.41) is 5.03. The number of morpholine rings is 1. The van der Waals surface area contributed by atoms with Crippen molar-refractivity contribution < 1.29 is 19.1 Å². The number of nitrogens with zero attached hydrogens (tertiary/aromatic N) is 2. The van der Waals surface area contributed by atoms with Gasteiger partial charge in [-0.2, -0.15) is 0 Å². The highest BCUT2D eigenvalue weighted by Crippen LogP contribution is 2.25. The van der Waals surface area contributed by atoms with E-state index in [1.54, 1.807) is 12.0 Å². The van der Waals surface area contributed by atoms with E-state index in [-0.39, 0.29) is 17.9 Å². The summed E-state index contributed by atoms with van der Waals surface area (Å²) < 4.78 is 10.8. The number of carbonyl (C=O) groups excluding carboxylic acids is 2. The van der Waals surface area contributed by atoms with Crippen LogP contribution in [0.5, 0.6) is 5.75 Å². The lowest BCUT2D eigenvalue weighted by atomic mass is 10.0. The number of hydrogen-bond acceptors (Lipinski definition) is 6. The first kappa shape index (κ1) is 21.8. The summed E-state index contributed by atoms with van der Waals surface area (Å²) in [6.45, 7) is 4.12. The van der Waals surface area contributed by atoms with E-state index < -0.39 is 6.04 Å². The lowest BCUT2D eigenvalue weighted by molar-refractivity contribution is -0.125. The minimum atomic E-state index is -0.407. The fourth-order valence-corrected chi connectivity index (χ4v) is 4.99. The van der Waals surface area contributed by atoms with E-state index in [0.29, 0.717) is 37.6 Å². The molecule has 7 nitrogen and oxygen atoms in total. The Bertz CT molecular complexity index is 865. The molecule has 166 valence electrons. The number of carbonyl (C=O) groups is 2. The van der Waals surface area contributed by atoms with Gasteiger partial charge < -0.3 is 19.7 Å². The van der Waals surface area contributed by atoms with E-state index in [4.69, 9.17) is 9.47 Å². The van der Waals surface area contributed by atoms with E-state index in [1.165, 1.54) is 11.3 Å². The highest BCUT2D eigenvalue weighted by atomic mass is 32.1. The molecule has 2 aliphatic heterocycles. The lowest BCUT2D eigenvalue weighted by Crippen LogP contribution is -2.49. The first-order chi connectivity index (χ1) is 15.2. The van der Waals surface area contributed by atoms with Gasteiger partial charge in [0.25, 0.3) is 5.91 Å². The van der Waals surface area contributed by atoms with Gasteiger partial charge in [-0.1, -0.05) is 18.2 Å². The quantitative estimate of drug-likeness (QED) is 0.712. The van der Waals surface area contributed by atoms with Crippen LogP contribution in [0.25, 0.3) is 0 Å². The largest absolute Gasteiger partial charge is 0.497 e. The summed E-state index contributed by atoms with van der Waals surface area (Å²) in [6.07, 6.45) is 1.55. The molecule has 2 atom stereocenters. The number of amides is 2. The van der Waals surface area contributed by atoms with Crippen molar-refractivity contribution in [2.45, 2.75) is 24.9 Å². The number of benzene rings is 1. The van der Waals surface area contributed by atoms with Crippen LogP contribution in [-0.2, 0) is 9.53 Å². The van der Waals surface area contributed by atoms with Gasteiger partial charge in [0, 0.05) is 26.2 Å². The van der Waals surface area contributed by atoms with Crippen LogP contribution in [0.2, 0.25) is 0 Å². The predicted octanol–water partition coefficient (Wildman–Crippen LogP) is 2.55. The van der Waals surface area contributed by atoms with Crippen molar-refractivity contribution in [2.24, 2.45) is 0 Å². The number of rotatable bonds is 7. The average Bonchev–Trinajstić information content (AvgIpc) is 3.52. The maximum atomic E-state index is 13.1. The van der Waals surface area contributed by atoms with E-state index in [0.717, 1.165) is 30.8 Å². The SMILES string of the molecule is COc1ccc([C@@H](CNC(=O)[C@H]2CCCN2C(=O)c2cccs2)N2CCOCC2)cc1. The van der Waals surface area contributed by atoms with Crippen LogP contribution in [0.4, 0.5) is 0 Å². The minimum Gasteiger partial charge on any atom is -0.497 e. The molecule has 0 spiro atoms. The molecule has 0 radical (unpaired) electrons. The summed E-state index contributed by atoms with van der Waals surface area (Å²) in [6, 6.07) is 11.3. The Hall–Kier alpha value is -2.42. The number of hydrogen-bond donors (Lipinski definition) is 1. The van der Waals surface area contributed by atoms with Gasteiger partial charge in [0.1, 0.15) is 11.8 Å².